The lowest BCUT2D eigenvalue weighted by Gasteiger charge is -2.27. The van der Waals surface area contributed by atoms with E-state index in [0.717, 1.165) is 17.4 Å². The molecule has 0 radical (unpaired) electrons. The number of nitrogens with one attached hydrogen (secondary N) is 3. The number of nitrogens with zero attached hydrogens (tertiary/aromatic N) is 1. The molecule has 1 saturated heterocycles. The number of hydrogen-bond donors (Lipinski definition) is 3. The summed E-state index contributed by atoms with van der Waals surface area (Å²) < 4.78 is 45.4. The van der Waals surface area contributed by atoms with Crippen molar-refractivity contribution in [1.82, 2.24) is 10.6 Å². The van der Waals surface area contributed by atoms with Gasteiger partial charge in [-0.2, -0.15) is 8.78 Å². The zero-order chi connectivity index (χ0) is 24.8. The topological polar surface area (TPSA) is 117 Å². The molecule has 0 saturated carbocycles. The standard InChI is InChI=1S/C20H18ClF3N4O5S/c21-15-4-3-14(34-15)19(31)25-8-13(27-20(32)17(23)24)18(30)26-12-2-1-10(7-11(12)22)28-5-6-33-9-16(28)29/h1-4,7,13,17H,5-6,8-9H2,(H,25,31)(H,26,30)(H,27,32)/t13-/m0/s1. The number of morpholine rings is 1. The maximum atomic E-state index is 14.6. The fourth-order valence-electron chi connectivity index (χ4n) is 2.95. The Morgan fingerprint density at radius 1 is 1.18 bits per heavy atom. The van der Waals surface area contributed by atoms with E-state index in [0.29, 0.717) is 4.34 Å². The molecular weight excluding hydrogens is 501 g/mol. The van der Waals surface area contributed by atoms with E-state index < -0.39 is 42.6 Å². The first kappa shape index (κ1) is 25.5. The van der Waals surface area contributed by atoms with Crippen molar-refractivity contribution in [3.8, 4) is 0 Å². The third-order valence-corrected chi connectivity index (χ3v) is 5.83. The van der Waals surface area contributed by atoms with E-state index in [1.165, 1.54) is 29.2 Å². The van der Waals surface area contributed by atoms with E-state index >= 15 is 0 Å². The molecule has 34 heavy (non-hydrogen) atoms. The molecule has 0 unspecified atom stereocenters. The summed E-state index contributed by atoms with van der Waals surface area (Å²) >= 11 is 6.72. The molecule has 0 spiro atoms. The van der Waals surface area contributed by atoms with Crippen molar-refractivity contribution in [2.24, 2.45) is 0 Å². The highest BCUT2D eigenvalue weighted by Gasteiger charge is 2.27. The van der Waals surface area contributed by atoms with Crippen molar-refractivity contribution >= 4 is 57.9 Å². The Kier molecular flexibility index (Phi) is 8.47. The molecule has 1 aromatic carbocycles. The number of anilines is 2. The lowest BCUT2D eigenvalue weighted by Crippen LogP contribution is -2.52. The first-order valence-electron chi connectivity index (χ1n) is 9.76. The number of ether oxygens (including phenoxy) is 1. The Morgan fingerprint density at radius 2 is 1.94 bits per heavy atom. The summed E-state index contributed by atoms with van der Waals surface area (Å²) in [5, 5.41) is 6.34. The van der Waals surface area contributed by atoms with Crippen LogP contribution in [0.15, 0.2) is 30.3 Å². The van der Waals surface area contributed by atoms with Crippen LogP contribution in [0.1, 0.15) is 9.67 Å². The highest BCUT2D eigenvalue weighted by atomic mass is 35.5. The number of alkyl halides is 2. The maximum Gasteiger partial charge on any atom is 0.315 e. The molecule has 14 heteroatoms. The van der Waals surface area contributed by atoms with Crippen LogP contribution in [0.4, 0.5) is 24.5 Å². The molecule has 182 valence electrons. The molecule has 1 aromatic heterocycles. The van der Waals surface area contributed by atoms with Gasteiger partial charge >= 0.3 is 6.43 Å². The van der Waals surface area contributed by atoms with Gasteiger partial charge in [-0.05, 0) is 30.3 Å². The van der Waals surface area contributed by atoms with Crippen LogP contribution in [-0.4, -0.2) is 62.4 Å². The van der Waals surface area contributed by atoms with E-state index in [4.69, 9.17) is 16.3 Å². The van der Waals surface area contributed by atoms with Crippen LogP contribution in [0.25, 0.3) is 0 Å². The first-order chi connectivity index (χ1) is 16.2. The van der Waals surface area contributed by atoms with Crippen LogP contribution in [-0.2, 0) is 19.1 Å². The molecule has 0 bridgehead atoms. The van der Waals surface area contributed by atoms with Crippen LogP contribution in [0.5, 0.6) is 0 Å². The smallest absolute Gasteiger partial charge is 0.315 e. The van der Waals surface area contributed by atoms with E-state index in [-0.39, 0.29) is 41.9 Å². The maximum absolute atomic E-state index is 14.6. The molecular formula is C20H18ClF3N4O5S. The zero-order valence-electron chi connectivity index (χ0n) is 17.3. The van der Waals surface area contributed by atoms with E-state index in [2.05, 4.69) is 10.6 Å². The summed E-state index contributed by atoms with van der Waals surface area (Å²) in [6, 6.07) is 4.85. The van der Waals surface area contributed by atoms with Gasteiger partial charge in [0.1, 0.15) is 18.5 Å². The Hall–Kier alpha value is -3.16. The van der Waals surface area contributed by atoms with E-state index in [9.17, 15) is 32.3 Å². The zero-order valence-corrected chi connectivity index (χ0v) is 18.9. The van der Waals surface area contributed by atoms with Gasteiger partial charge in [0.25, 0.3) is 17.7 Å². The van der Waals surface area contributed by atoms with Gasteiger partial charge in [-0.3, -0.25) is 19.2 Å². The van der Waals surface area contributed by atoms with Gasteiger partial charge in [-0.1, -0.05) is 11.6 Å². The lowest BCUT2D eigenvalue weighted by molar-refractivity contribution is -0.134. The molecule has 1 aliphatic rings. The summed E-state index contributed by atoms with van der Waals surface area (Å²) in [5.41, 5.74) is -0.0738. The summed E-state index contributed by atoms with van der Waals surface area (Å²) in [6.07, 6.45) is -3.41. The number of hydrogen-bond acceptors (Lipinski definition) is 6. The van der Waals surface area contributed by atoms with Gasteiger partial charge in [0.15, 0.2) is 0 Å². The average Bonchev–Trinajstić information content (AvgIpc) is 3.24. The van der Waals surface area contributed by atoms with Crippen LogP contribution >= 0.6 is 22.9 Å². The highest BCUT2D eigenvalue weighted by Crippen LogP contribution is 2.24. The Morgan fingerprint density at radius 3 is 2.56 bits per heavy atom. The highest BCUT2D eigenvalue weighted by molar-refractivity contribution is 7.18. The van der Waals surface area contributed by atoms with E-state index in [1.807, 2.05) is 5.32 Å². The van der Waals surface area contributed by atoms with Gasteiger partial charge in [0.2, 0.25) is 5.91 Å². The molecule has 4 amide bonds. The summed E-state index contributed by atoms with van der Waals surface area (Å²) in [7, 11) is 0. The monoisotopic (exact) mass is 518 g/mol. The van der Waals surface area contributed by atoms with Crippen molar-refractivity contribution in [1.29, 1.82) is 0 Å². The minimum Gasteiger partial charge on any atom is -0.370 e. The van der Waals surface area contributed by atoms with Crippen LogP contribution in [0.3, 0.4) is 0 Å². The van der Waals surface area contributed by atoms with Crippen LogP contribution < -0.4 is 20.9 Å². The second-order valence-corrected chi connectivity index (χ2v) is 8.64. The second kappa shape index (κ2) is 11.3. The Bertz CT molecular complexity index is 1100. The molecule has 3 N–H and O–H groups in total. The van der Waals surface area contributed by atoms with Gasteiger partial charge in [0, 0.05) is 18.8 Å². The SMILES string of the molecule is O=C(NC[C@H](NC(=O)C(F)F)C(=O)Nc1ccc(N2CCOCC2=O)cc1F)c1ccc(Cl)s1. The third-order valence-electron chi connectivity index (χ3n) is 4.60. The minimum atomic E-state index is -3.41. The number of thiophene rings is 1. The number of carbonyl (C=O) groups excluding carboxylic acids is 4. The van der Waals surface area contributed by atoms with Crippen molar-refractivity contribution in [2.45, 2.75) is 12.5 Å². The van der Waals surface area contributed by atoms with Crippen LogP contribution in [0, 0.1) is 5.82 Å². The molecule has 9 nitrogen and oxygen atoms in total. The molecule has 3 rings (SSSR count). The summed E-state index contributed by atoms with van der Waals surface area (Å²) in [5.74, 6) is -4.70. The fourth-order valence-corrected chi connectivity index (χ4v) is 3.91. The molecule has 1 aliphatic heterocycles. The van der Waals surface area contributed by atoms with Gasteiger partial charge in [-0.25, -0.2) is 4.39 Å². The minimum absolute atomic E-state index is 0.144. The van der Waals surface area contributed by atoms with Crippen LogP contribution in [0.2, 0.25) is 4.34 Å². The van der Waals surface area contributed by atoms with Gasteiger partial charge < -0.3 is 25.6 Å². The van der Waals surface area contributed by atoms with E-state index in [1.54, 1.807) is 0 Å². The number of amides is 4. The number of rotatable bonds is 8. The van der Waals surface area contributed by atoms with Gasteiger partial charge in [-0.15, -0.1) is 11.3 Å². The molecule has 2 heterocycles. The first-order valence-corrected chi connectivity index (χ1v) is 11.0. The molecule has 1 atom stereocenters. The Balaban J connectivity index is 1.70. The van der Waals surface area contributed by atoms with Crippen molar-refractivity contribution < 1.29 is 37.1 Å². The predicted octanol–water partition coefficient (Wildman–Crippen LogP) is 2.02. The normalized spacial score (nSPS) is 14.6. The lowest BCUT2D eigenvalue weighted by atomic mass is 10.2. The quantitative estimate of drug-likeness (QED) is 0.494. The third kappa shape index (κ3) is 6.46. The largest absolute Gasteiger partial charge is 0.370 e. The summed E-state index contributed by atoms with van der Waals surface area (Å²) in [6.45, 7) is -0.197. The Labute approximate surface area is 200 Å². The van der Waals surface area contributed by atoms with Crippen molar-refractivity contribution in [3.63, 3.8) is 0 Å². The number of benzene rings is 1. The second-order valence-electron chi connectivity index (χ2n) is 6.93. The number of carbonyl (C=O) groups is 4. The number of halogens is 4. The molecule has 0 aliphatic carbocycles. The predicted molar refractivity (Wildman–Crippen MR) is 118 cm³/mol. The molecule has 1 fully saturated rings. The van der Waals surface area contributed by atoms with Crippen molar-refractivity contribution in [2.75, 3.05) is 36.5 Å². The fraction of sp³-hybridized carbons (Fsp3) is 0.300. The summed E-state index contributed by atoms with van der Waals surface area (Å²) in [4.78, 5) is 49.7. The molecule has 2 aromatic rings. The van der Waals surface area contributed by atoms with Gasteiger partial charge in [0.05, 0.1) is 21.5 Å². The van der Waals surface area contributed by atoms with Crippen molar-refractivity contribution in [3.05, 3.63) is 45.4 Å². The average molecular weight is 519 g/mol.